The van der Waals surface area contributed by atoms with Crippen molar-refractivity contribution in [1.29, 1.82) is 0 Å². The third kappa shape index (κ3) is 17.8. The highest BCUT2D eigenvalue weighted by atomic mass is 16.6. The number of nitrogens with one attached hydrogen (secondary N) is 1. The van der Waals surface area contributed by atoms with E-state index in [0.29, 0.717) is 37.2 Å². The minimum Gasteiger partial charge on any atom is -0.481 e. The van der Waals surface area contributed by atoms with Gasteiger partial charge < -0.3 is 30.1 Å². The number of allylic oxidation sites excluding steroid dienone is 1. The maximum Gasteiger partial charge on any atom is 0.339 e. The molecule has 270 valence electrons. The van der Waals surface area contributed by atoms with Gasteiger partial charge in [0.05, 0.1) is 18.6 Å². The van der Waals surface area contributed by atoms with Crippen LogP contribution in [0.15, 0.2) is 36.4 Å². The number of amides is 1. The molecule has 4 N–H and O–H groups in total. The van der Waals surface area contributed by atoms with E-state index in [4.69, 9.17) is 9.47 Å². The van der Waals surface area contributed by atoms with Gasteiger partial charge in [-0.3, -0.25) is 9.59 Å². The van der Waals surface area contributed by atoms with Gasteiger partial charge in [-0.1, -0.05) is 75.7 Å². The van der Waals surface area contributed by atoms with Crippen LogP contribution in [0.25, 0.3) is 0 Å². The molecule has 1 amide bonds. The maximum atomic E-state index is 13.7. The van der Waals surface area contributed by atoms with Crippen LogP contribution < -0.4 is 10.1 Å². The number of benzene rings is 1. The summed E-state index contributed by atoms with van der Waals surface area (Å²) in [5, 5.41) is 34.3. The topological polar surface area (TPSA) is 142 Å². The average molecular weight is 672 g/mol. The normalized spacial score (nSPS) is 14.0. The fourth-order valence-corrected chi connectivity index (χ4v) is 5.26. The molecule has 0 heterocycles. The first-order valence-corrected chi connectivity index (χ1v) is 17.7. The fourth-order valence-electron chi connectivity index (χ4n) is 5.26. The van der Waals surface area contributed by atoms with Crippen LogP contribution >= 0.6 is 0 Å². The van der Waals surface area contributed by atoms with Gasteiger partial charge in [0.2, 0.25) is 5.91 Å². The number of rotatable bonds is 25. The second-order valence-electron chi connectivity index (χ2n) is 13.4. The molecule has 9 heteroatoms. The predicted molar refractivity (Wildman–Crippen MR) is 189 cm³/mol. The third-order valence-electron chi connectivity index (χ3n) is 7.97. The molecule has 0 fully saturated rings. The van der Waals surface area contributed by atoms with E-state index < -0.39 is 48.1 Å². The lowest BCUT2D eigenvalue weighted by atomic mass is 9.82. The van der Waals surface area contributed by atoms with Gasteiger partial charge in [-0.05, 0) is 77.5 Å². The Bertz CT molecular complexity index is 1160. The number of aliphatic hydroxyl groups is 3. The van der Waals surface area contributed by atoms with E-state index in [2.05, 4.69) is 24.1 Å². The molecule has 0 aliphatic heterocycles. The summed E-state index contributed by atoms with van der Waals surface area (Å²) in [5.41, 5.74) is -2.43. The van der Waals surface area contributed by atoms with Crippen molar-refractivity contribution in [2.45, 2.75) is 142 Å². The summed E-state index contributed by atoms with van der Waals surface area (Å²) < 4.78 is 11.0. The molecular formula is C39H61NO8. The molecule has 0 saturated heterocycles. The van der Waals surface area contributed by atoms with E-state index in [1.165, 1.54) is 25.3 Å². The van der Waals surface area contributed by atoms with Crippen LogP contribution in [-0.2, 0) is 25.5 Å². The lowest BCUT2D eigenvalue weighted by Gasteiger charge is -2.34. The van der Waals surface area contributed by atoms with Crippen LogP contribution in [-0.4, -0.2) is 70.0 Å². The molecule has 0 radical (unpaired) electrons. The van der Waals surface area contributed by atoms with Crippen molar-refractivity contribution in [3.63, 3.8) is 0 Å². The van der Waals surface area contributed by atoms with Crippen molar-refractivity contribution in [2.75, 3.05) is 19.8 Å². The zero-order chi connectivity index (χ0) is 35.8. The molecule has 0 unspecified atom stereocenters. The van der Waals surface area contributed by atoms with Crippen LogP contribution in [0, 0.1) is 17.8 Å². The largest absolute Gasteiger partial charge is 0.481 e. The van der Waals surface area contributed by atoms with Crippen molar-refractivity contribution in [1.82, 2.24) is 5.32 Å². The van der Waals surface area contributed by atoms with E-state index in [1.807, 2.05) is 12.1 Å². The zero-order valence-corrected chi connectivity index (χ0v) is 30.0. The Hall–Kier alpha value is -3.19. The van der Waals surface area contributed by atoms with Gasteiger partial charge in [-0.25, -0.2) is 4.79 Å². The van der Waals surface area contributed by atoms with E-state index in [-0.39, 0.29) is 13.2 Å². The number of Topliss-reactive ketones (excluding diaryl/α,β-unsaturated/α-hetero) is 1. The first-order chi connectivity index (χ1) is 22.9. The van der Waals surface area contributed by atoms with Crippen LogP contribution in [0.5, 0.6) is 5.75 Å². The molecule has 9 nitrogen and oxygen atoms in total. The fraction of sp³-hybridized carbons (Fsp3) is 0.667. The highest BCUT2D eigenvalue weighted by Gasteiger charge is 2.49. The molecular weight excluding hydrogens is 610 g/mol. The van der Waals surface area contributed by atoms with E-state index >= 15 is 0 Å². The number of aliphatic hydroxyl groups excluding tert-OH is 2. The number of ether oxygens (including phenoxy) is 2. The minimum atomic E-state index is -2.33. The van der Waals surface area contributed by atoms with Crippen molar-refractivity contribution in [3.8, 4) is 17.6 Å². The van der Waals surface area contributed by atoms with Crippen LogP contribution in [0.2, 0.25) is 0 Å². The van der Waals surface area contributed by atoms with E-state index in [1.54, 1.807) is 45.9 Å². The van der Waals surface area contributed by atoms with Crippen LogP contribution in [0.1, 0.15) is 124 Å². The summed E-state index contributed by atoms with van der Waals surface area (Å²) in [6.45, 7) is 8.23. The summed E-state index contributed by atoms with van der Waals surface area (Å²) in [6.07, 6.45) is 14.2. The van der Waals surface area contributed by atoms with Gasteiger partial charge >= 0.3 is 5.97 Å². The standard InChI is InChI=1S/C39H61NO8/c1-6-8-10-13-16-19-33(43)20-17-14-11-12-15-18-21-35(39(46,26-27-41)37(45)48-38(3,4)5)36(44)40-32(30-42)29-31-22-24-34(25-23-31)47-28-9-7-2/h18,21-25,32,35,41-42,46H,6,8,10-17,19-20,26-30H2,1-5H3,(H,40,44)/t32-,35+,39-/m0/s1. The monoisotopic (exact) mass is 671 g/mol. The Balaban J connectivity index is 2.90. The number of esters is 1. The summed E-state index contributed by atoms with van der Waals surface area (Å²) in [7, 11) is 0. The van der Waals surface area contributed by atoms with Gasteiger partial charge in [0, 0.05) is 25.9 Å². The van der Waals surface area contributed by atoms with Gasteiger partial charge in [0.1, 0.15) is 23.7 Å². The van der Waals surface area contributed by atoms with Crippen LogP contribution in [0.3, 0.4) is 0 Å². The number of carbonyl (C=O) groups is 3. The lowest BCUT2D eigenvalue weighted by molar-refractivity contribution is -0.185. The summed E-state index contributed by atoms with van der Waals surface area (Å²) in [4.78, 5) is 39.1. The second kappa shape index (κ2) is 24.0. The highest BCUT2D eigenvalue weighted by Crippen LogP contribution is 2.28. The van der Waals surface area contributed by atoms with Crippen molar-refractivity contribution < 1.29 is 39.2 Å². The van der Waals surface area contributed by atoms with Crippen molar-refractivity contribution in [2.24, 2.45) is 5.92 Å². The Kier molecular flexibility index (Phi) is 21.4. The Morgan fingerprint density at radius 3 is 2.12 bits per heavy atom. The minimum absolute atomic E-state index is 0.273. The molecule has 1 aromatic rings. The van der Waals surface area contributed by atoms with Gasteiger partial charge in [-0.2, -0.15) is 0 Å². The number of unbranched alkanes of at least 4 members (excludes halogenated alkanes) is 8. The molecule has 3 atom stereocenters. The summed E-state index contributed by atoms with van der Waals surface area (Å²) >= 11 is 0. The molecule has 0 aliphatic rings. The molecule has 48 heavy (non-hydrogen) atoms. The number of hydrogen-bond acceptors (Lipinski definition) is 8. The molecule has 1 aromatic carbocycles. The first kappa shape index (κ1) is 42.8. The molecule has 0 aliphatic carbocycles. The molecule has 1 rings (SSSR count). The van der Waals surface area contributed by atoms with Gasteiger partial charge in [-0.15, -0.1) is 5.92 Å². The number of ketones is 1. The van der Waals surface area contributed by atoms with Crippen LogP contribution in [0.4, 0.5) is 0 Å². The predicted octanol–water partition coefficient (Wildman–Crippen LogP) is 6.01. The molecule has 0 saturated carbocycles. The Labute approximate surface area is 288 Å². The van der Waals surface area contributed by atoms with E-state index in [0.717, 1.165) is 44.1 Å². The average Bonchev–Trinajstić information content (AvgIpc) is 3.03. The molecule has 0 aromatic heterocycles. The third-order valence-corrected chi connectivity index (χ3v) is 7.97. The Morgan fingerprint density at radius 2 is 1.56 bits per heavy atom. The first-order valence-electron chi connectivity index (χ1n) is 17.7. The van der Waals surface area contributed by atoms with E-state index in [9.17, 15) is 29.7 Å². The lowest BCUT2D eigenvalue weighted by Crippen LogP contribution is -2.56. The summed E-state index contributed by atoms with van der Waals surface area (Å²) in [6, 6.07) is 6.51. The number of carbonyl (C=O) groups excluding carboxylic acids is 3. The molecule has 0 spiro atoms. The zero-order valence-electron chi connectivity index (χ0n) is 30.0. The SMILES string of the molecule is CC#CCOc1ccc(C[C@@H](CO)NC(=O)[C@@H](C=CCCCCCCC(=O)CCCCCCC)[C@@](O)(CCO)C(=O)OC(C)(C)C)cc1. The highest BCUT2D eigenvalue weighted by molar-refractivity contribution is 5.91. The van der Waals surface area contributed by atoms with Crippen molar-refractivity contribution in [3.05, 3.63) is 42.0 Å². The Morgan fingerprint density at radius 1 is 0.938 bits per heavy atom. The quantitative estimate of drug-likeness (QED) is 0.0429. The van der Waals surface area contributed by atoms with Crippen molar-refractivity contribution >= 4 is 17.7 Å². The maximum absolute atomic E-state index is 13.7. The van der Waals surface area contributed by atoms with Gasteiger partial charge in [0.25, 0.3) is 0 Å². The molecule has 0 bridgehead atoms. The van der Waals surface area contributed by atoms with Gasteiger partial charge in [0.15, 0.2) is 5.60 Å². The number of hydrogen-bond donors (Lipinski definition) is 4. The smallest absolute Gasteiger partial charge is 0.339 e. The second-order valence-corrected chi connectivity index (χ2v) is 13.4. The summed E-state index contributed by atoms with van der Waals surface area (Å²) in [5.74, 6) is 3.52.